The zero-order valence-electron chi connectivity index (χ0n) is 10.6. The fourth-order valence-electron chi connectivity index (χ4n) is 2.69. The van der Waals surface area contributed by atoms with Gasteiger partial charge in [-0.05, 0) is 38.5 Å². The lowest BCUT2D eigenvalue weighted by Crippen LogP contribution is -2.16. The molecule has 0 atom stereocenters. The number of anilines is 1. The quantitative estimate of drug-likeness (QED) is 0.865. The molecule has 0 unspecified atom stereocenters. The third-order valence-electron chi connectivity index (χ3n) is 3.96. The topological polar surface area (TPSA) is 37.8 Å². The van der Waals surface area contributed by atoms with Crippen molar-refractivity contribution in [3.8, 4) is 0 Å². The van der Waals surface area contributed by atoms with Crippen molar-refractivity contribution in [3.05, 3.63) is 17.1 Å². The first-order valence-corrected chi connectivity index (χ1v) is 7.02. The van der Waals surface area contributed by atoms with Crippen LogP contribution in [0.1, 0.15) is 62.0 Å². The number of aromatic nitrogens is 2. The van der Waals surface area contributed by atoms with Gasteiger partial charge in [-0.15, -0.1) is 0 Å². The van der Waals surface area contributed by atoms with Crippen LogP contribution < -0.4 is 5.32 Å². The van der Waals surface area contributed by atoms with Gasteiger partial charge < -0.3 is 5.32 Å². The van der Waals surface area contributed by atoms with Crippen molar-refractivity contribution in [2.75, 3.05) is 11.9 Å². The first-order chi connectivity index (χ1) is 8.38. The normalized spacial score (nSPS) is 18.9. The van der Waals surface area contributed by atoms with Gasteiger partial charge in [0.05, 0.1) is 0 Å². The van der Waals surface area contributed by atoms with Crippen molar-refractivity contribution in [2.45, 2.75) is 57.8 Å². The molecule has 0 saturated heterocycles. The smallest absolute Gasteiger partial charge is 0.134 e. The average molecular weight is 231 g/mol. The highest BCUT2D eigenvalue weighted by molar-refractivity contribution is 5.49. The van der Waals surface area contributed by atoms with E-state index in [1.165, 1.54) is 36.9 Å². The number of hydrogen-bond acceptors (Lipinski definition) is 3. The van der Waals surface area contributed by atoms with E-state index in [4.69, 9.17) is 9.97 Å². The van der Waals surface area contributed by atoms with Crippen LogP contribution in [0.3, 0.4) is 0 Å². The van der Waals surface area contributed by atoms with E-state index in [2.05, 4.69) is 12.2 Å². The molecule has 1 aromatic rings. The van der Waals surface area contributed by atoms with E-state index in [-0.39, 0.29) is 0 Å². The Morgan fingerprint density at radius 3 is 2.76 bits per heavy atom. The summed E-state index contributed by atoms with van der Waals surface area (Å²) in [5.41, 5.74) is 2.71. The van der Waals surface area contributed by atoms with Gasteiger partial charge in [-0.3, -0.25) is 0 Å². The molecule has 3 nitrogen and oxygen atoms in total. The lowest BCUT2D eigenvalue weighted by Gasteiger charge is -2.25. The van der Waals surface area contributed by atoms with E-state index >= 15 is 0 Å². The third-order valence-corrected chi connectivity index (χ3v) is 3.96. The predicted octanol–water partition coefficient (Wildman–Crippen LogP) is 3.05. The van der Waals surface area contributed by atoms with Crippen LogP contribution in [0, 0.1) is 0 Å². The molecule has 17 heavy (non-hydrogen) atoms. The molecule has 2 aliphatic carbocycles. The first-order valence-electron chi connectivity index (χ1n) is 7.02. The lowest BCUT2D eigenvalue weighted by atomic mass is 9.85. The average Bonchev–Trinajstić information content (AvgIpc) is 2.71. The molecule has 3 rings (SSSR count). The molecular formula is C14H21N3. The highest BCUT2D eigenvalue weighted by Gasteiger charge is 2.26. The summed E-state index contributed by atoms with van der Waals surface area (Å²) in [7, 11) is 0. The maximum Gasteiger partial charge on any atom is 0.134 e. The van der Waals surface area contributed by atoms with E-state index in [0.29, 0.717) is 5.92 Å². The van der Waals surface area contributed by atoms with Gasteiger partial charge in [0.25, 0.3) is 0 Å². The second-order valence-corrected chi connectivity index (χ2v) is 5.26. The molecule has 0 radical (unpaired) electrons. The van der Waals surface area contributed by atoms with Crippen molar-refractivity contribution in [2.24, 2.45) is 0 Å². The number of nitrogens with one attached hydrogen (secondary N) is 1. The largest absolute Gasteiger partial charge is 0.370 e. The van der Waals surface area contributed by atoms with Gasteiger partial charge in [-0.2, -0.15) is 0 Å². The van der Waals surface area contributed by atoms with Crippen molar-refractivity contribution in [1.82, 2.24) is 9.97 Å². The van der Waals surface area contributed by atoms with Gasteiger partial charge in [-0.1, -0.05) is 13.3 Å². The Labute approximate surface area is 103 Å². The lowest BCUT2D eigenvalue weighted by molar-refractivity contribution is 0.400. The predicted molar refractivity (Wildman–Crippen MR) is 69.4 cm³/mol. The van der Waals surface area contributed by atoms with Crippen LogP contribution in [-0.4, -0.2) is 16.5 Å². The summed E-state index contributed by atoms with van der Waals surface area (Å²) in [6.07, 6.45) is 8.63. The number of aryl methyl sites for hydroxylation is 1. The second-order valence-electron chi connectivity index (χ2n) is 5.26. The van der Waals surface area contributed by atoms with E-state index in [9.17, 15) is 0 Å². The molecular weight excluding hydrogens is 210 g/mol. The Balaban J connectivity index is 1.91. The first kappa shape index (κ1) is 11.0. The number of rotatable bonds is 4. The molecule has 0 bridgehead atoms. The standard InChI is InChI=1S/C14H21N3/c1-2-9-15-14-11-7-4-8-12(11)16-13(17-14)10-5-3-6-10/h10H,2-9H2,1H3,(H,15,16,17). The third kappa shape index (κ3) is 2.03. The molecule has 1 N–H and O–H groups in total. The van der Waals surface area contributed by atoms with Gasteiger partial charge in [0.1, 0.15) is 11.6 Å². The van der Waals surface area contributed by atoms with E-state index in [1.807, 2.05) is 0 Å². The highest BCUT2D eigenvalue weighted by atomic mass is 15.0. The van der Waals surface area contributed by atoms with Gasteiger partial charge in [0, 0.05) is 23.7 Å². The molecule has 0 aliphatic heterocycles. The fraction of sp³-hybridized carbons (Fsp3) is 0.714. The summed E-state index contributed by atoms with van der Waals surface area (Å²) < 4.78 is 0. The number of fused-ring (bicyclic) bond motifs is 1. The fourth-order valence-corrected chi connectivity index (χ4v) is 2.69. The van der Waals surface area contributed by atoms with Crippen LogP contribution in [-0.2, 0) is 12.8 Å². The van der Waals surface area contributed by atoms with Gasteiger partial charge in [0.2, 0.25) is 0 Å². The van der Waals surface area contributed by atoms with Crippen molar-refractivity contribution in [1.29, 1.82) is 0 Å². The van der Waals surface area contributed by atoms with E-state index in [1.54, 1.807) is 0 Å². The van der Waals surface area contributed by atoms with Crippen LogP contribution in [0.25, 0.3) is 0 Å². The Kier molecular flexibility index (Phi) is 3.00. The zero-order valence-corrected chi connectivity index (χ0v) is 10.6. The van der Waals surface area contributed by atoms with E-state index in [0.717, 1.165) is 37.4 Å². The monoisotopic (exact) mass is 231 g/mol. The van der Waals surface area contributed by atoms with E-state index < -0.39 is 0 Å². The summed E-state index contributed by atoms with van der Waals surface area (Å²) in [5, 5.41) is 3.49. The minimum Gasteiger partial charge on any atom is -0.370 e. The van der Waals surface area contributed by atoms with Crippen molar-refractivity contribution < 1.29 is 0 Å². The SMILES string of the molecule is CCCNc1nc(C2CCC2)nc2c1CCC2. The molecule has 0 amide bonds. The Hall–Kier alpha value is -1.12. The number of hydrogen-bond donors (Lipinski definition) is 1. The Morgan fingerprint density at radius 1 is 1.18 bits per heavy atom. The molecule has 1 saturated carbocycles. The minimum atomic E-state index is 0.642. The molecule has 1 aromatic heterocycles. The van der Waals surface area contributed by atoms with Crippen LogP contribution >= 0.6 is 0 Å². The molecule has 1 heterocycles. The van der Waals surface area contributed by atoms with Gasteiger partial charge >= 0.3 is 0 Å². The summed E-state index contributed by atoms with van der Waals surface area (Å²) in [5.74, 6) is 2.88. The molecule has 0 spiro atoms. The van der Waals surface area contributed by atoms with Crippen LogP contribution in [0.2, 0.25) is 0 Å². The summed E-state index contributed by atoms with van der Waals surface area (Å²) in [6.45, 7) is 3.22. The minimum absolute atomic E-state index is 0.642. The molecule has 0 aromatic carbocycles. The zero-order chi connectivity index (χ0) is 11.7. The van der Waals surface area contributed by atoms with Gasteiger partial charge in [0.15, 0.2) is 0 Å². The highest BCUT2D eigenvalue weighted by Crippen LogP contribution is 2.36. The molecule has 1 fully saturated rings. The summed E-state index contributed by atoms with van der Waals surface area (Å²) >= 11 is 0. The Morgan fingerprint density at radius 2 is 2.06 bits per heavy atom. The van der Waals surface area contributed by atoms with Crippen molar-refractivity contribution >= 4 is 5.82 Å². The van der Waals surface area contributed by atoms with Gasteiger partial charge in [-0.25, -0.2) is 9.97 Å². The Bertz CT molecular complexity index is 410. The summed E-state index contributed by atoms with van der Waals surface area (Å²) in [6, 6.07) is 0. The van der Waals surface area contributed by atoms with Crippen molar-refractivity contribution in [3.63, 3.8) is 0 Å². The molecule has 3 heteroatoms. The van der Waals surface area contributed by atoms with Crippen LogP contribution in [0.4, 0.5) is 5.82 Å². The maximum atomic E-state index is 4.79. The molecule has 92 valence electrons. The number of nitrogens with zero attached hydrogens (tertiary/aromatic N) is 2. The summed E-state index contributed by atoms with van der Waals surface area (Å²) in [4.78, 5) is 9.57. The maximum absolute atomic E-state index is 4.79. The molecule has 2 aliphatic rings. The van der Waals surface area contributed by atoms with Crippen LogP contribution in [0.5, 0.6) is 0 Å². The van der Waals surface area contributed by atoms with Crippen LogP contribution in [0.15, 0.2) is 0 Å². The second kappa shape index (κ2) is 4.63.